The lowest BCUT2D eigenvalue weighted by atomic mass is 10.4. The highest BCUT2D eigenvalue weighted by atomic mass is 32.1. The van der Waals surface area contributed by atoms with Gasteiger partial charge in [0.1, 0.15) is 6.34 Å². The zero-order valence-electron chi connectivity index (χ0n) is 6.09. The third kappa shape index (κ3) is 5.46. The van der Waals surface area contributed by atoms with Gasteiger partial charge in [0, 0.05) is 6.04 Å². The fourth-order valence-electron chi connectivity index (χ4n) is 0.380. The predicted molar refractivity (Wildman–Crippen MR) is 46.7 cm³/mol. The summed E-state index contributed by atoms with van der Waals surface area (Å²) in [6, 6.07) is 0.308. The van der Waals surface area contributed by atoms with Crippen molar-refractivity contribution >= 4 is 23.7 Å². The van der Waals surface area contributed by atoms with Crippen LogP contribution in [-0.4, -0.2) is 17.5 Å². The molecule has 0 radical (unpaired) electrons. The van der Waals surface area contributed by atoms with Gasteiger partial charge in [-0.15, -0.1) is 0 Å². The average Bonchev–Trinajstić information content (AvgIpc) is 1.82. The first-order chi connectivity index (χ1) is 4.66. The molecule has 0 spiro atoms. The monoisotopic (exact) mass is 160 g/mol. The molecular weight excluding hydrogens is 148 g/mol. The Morgan fingerprint density at radius 2 is 2.30 bits per heavy atom. The summed E-state index contributed by atoms with van der Waals surface area (Å²) in [6.45, 7) is 3.97. The predicted octanol–water partition coefficient (Wildman–Crippen LogP) is -0.239. The SMILES string of the molecule is CC(C)NC(=S)N=CNN. The molecule has 5 heteroatoms. The van der Waals surface area contributed by atoms with E-state index < -0.39 is 0 Å². The van der Waals surface area contributed by atoms with Gasteiger partial charge in [-0.1, -0.05) is 0 Å². The molecule has 0 aromatic rings. The second-order valence-corrected chi connectivity index (χ2v) is 2.42. The standard InChI is InChI=1S/C5H12N4S/c1-4(2)9-5(10)7-3-8-6/h3-4H,6H2,1-2H3,(H2,7,8,9,10). The quantitative estimate of drug-likeness (QED) is 0.171. The normalized spacial score (nSPS) is 10.4. The van der Waals surface area contributed by atoms with Crippen LogP contribution in [0.25, 0.3) is 0 Å². The van der Waals surface area contributed by atoms with E-state index in [9.17, 15) is 0 Å². The first-order valence-corrected chi connectivity index (χ1v) is 3.36. The maximum atomic E-state index is 4.92. The van der Waals surface area contributed by atoms with Gasteiger partial charge in [0.25, 0.3) is 0 Å². The van der Waals surface area contributed by atoms with Crippen LogP contribution in [0.4, 0.5) is 0 Å². The van der Waals surface area contributed by atoms with Crippen LogP contribution in [-0.2, 0) is 0 Å². The number of rotatable bonds is 2. The van der Waals surface area contributed by atoms with E-state index in [-0.39, 0.29) is 0 Å². The minimum Gasteiger partial charge on any atom is -0.359 e. The van der Waals surface area contributed by atoms with Crippen LogP contribution in [0.2, 0.25) is 0 Å². The van der Waals surface area contributed by atoms with Gasteiger partial charge in [-0.2, -0.15) is 0 Å². The Kier molecular flexibility index (Phi) is 4.78. The van der Waals surface area contributed by atoms with Gasteiger partial charge in [-0.25, -0.2) is 10.8 Å². The number of aliphatic imine (C=N–C) groups is 1. The molecule has 0 aliphatic carbocycles. The molecule has 4 N–H and O–H groups in total. The molecule has 0 aliphatic heterocycles. The molecule has 0 heterocycles. The van der Waals surface area contributed by atoms with E-state index in [0.717, 1.165) is 0 Å². The Hall–Kier alpha value is -0.680. The Labute approximate surface area is 65.9 Å². The molecule has 4 nitrogen and oxygen atoms in total. The van der Waals surface area contributed by atoms with E-state index in [4.69, 9.17) is 18.1 Å². The van der Waals surface area contributed by atoms with Crippen molar-refractivity contribution in [2.75, 3.05) is 0 Å². The molecule has 10 heavy (non-hydrogen) atoms. The summed E-state index contributed by atoms with van der Waals surface area (Å²) < 4.78 is 0. The smallest absolute Gasteiger partial charge is 0.194 e. The van der Waals surface area contributed by atoms with E-state index in [1.165, 1.54) is 6.34 Å². The Balaban J connectivity index is 3.54. The summed E-state index contributed by atoms with van der Waals surface area (Å²) in [5.41, 5.74) is 2.25. The number of hydrazine groups is 1. The van der Waals surface area contributed by atoms with Crippen LogP contribution in [0.5, 0.6) is 0 Å². The van der Waals surface area contributed by atoms with Gasteiger partial charge in [0.2, 0.25) is 0 Å². The third-order valence-corrected chi connectivity index (χ3v) is 0.892. The van der Waals surface area contributed by atoms with Crippen molar-refractivity contribution < 1.29 is 0 Å². The average molecular weight is 160 g/mol. The van der Waals surface area contributed by atoms with Gasteiger partial charge >= 0.3 is 0 Å². The van der Waals surface area contributed by atoms with Crippen molar-refractivity contribution in [1.29, 1.82) is 0 Å². The summed E-state index contributed by atoms with van der Waals surface area (Å²) in [4.78, 5) is 3.74. The molecule has 0 saturated heterocycles. The third-order valence-electron chi connectivity index (χ3n) is 0.668. The molecule has 0 aromatic carbocycles. The lowest BCUT2D eigenvalue weighted by Crippen LogP contribution is -2.29. The van der Waals surface area contributed by atoms with Crippen molar-refractivity contribution in [3.63, 3.8) is 0 Å². The van der Waals surface area contributed by atoms with Crippen molar-refractivity contribution in [3.8, 4) is 0 Å². The molecule has 0 bridgehead atoms. The summed E-state index contributed by atoms with van der Waals surface area (Å²) in [7, 11) is 0. The first kappa shape index (κ1) is 9.32. The molecule has 0 atom stereocenters. The second kappa shape index (κ2) is 5.13. The van der Waals surface area contributed by atoms with Crippen LogP contribution >= 0.6 is 12.2 Å². The Morgan fingerprint density at radius 1 is 1.70 bits per heavy atom. The van der Waals surface area contributed by atoms with Gasteiger partial charge < -0.3 is 10.7 Å². The van der Waals surface area contributed by atoms with Crippen molar-refractivity contribution in [3.05, 3.63) is 0 Å². The van der Waals surface area contributed by atoms with Crippen molar-refractivity contribution in [2.45, 2.75) is 19.9 Å². The highest BCUT2D eigenvalue weighted by Gasteiger charge is 1.92. The molecular formula is C5H12N4S. The van der Waals surface area contributed by atoms with Crippen molar-refractivity contribution in [2.24, 2.45) is 10.8 Å². The zero-order valence-corrected chi connectivity index (χ0v) is 6.90. The van der Waals surface area contributed by atoms with Gasteiger partial charge in [-0.05, 0) is 26.1 Å². The Morgan fingerprint density at radius 3 is 2.70 bits per heavy atom. The molecule has 0 aromatic heterocycles. The second-order valence-electron chi connectivity index (χ2n) is 2.03. The molecule has 0 rings (SSSR count). The maximum Gasteiger partial charge on any atom is 0.194 e. The number of hydrogen-bond acceptors (Lipinski definition) is 2. The lowest BCUT2D eigenvalue weighted by molar-refractivity contribution is 0.736. The summed E-state index contributed by atoms with van der Waals surface area (Å²) >= 11 is 4.79. The minimum absolute atomic E-state index is 0.308. The van der Waals surface area contributed by atoms with Gasteiger partial charge in [0.05, 0.1) is 0 Å². The van der Waals surface area contributed by atoms with Gasteiger partial charge in [0.15, 0.2) is 5.11 Å². The van der Waals surface area contributed by atoms with Crippen LogP contribution in [0.3, 0.4) is 0 Å². The molecule has 58 valence electrons. The van der Waals surface area contributed by atoms with Crippen LogP contribution in [0, 0.1) is 0 Å². The van der Waals surface area contributed by atoms with E-state index >= 15 is 0 Å². The number of nitrogens with two attached hydrogens (primary N) is 1. The summed E-state index contributed by atoms with van der Waals surface area (Å²) in [5.74, 6) is 4.92. The summed E-state index contributed by atoms with van der Waals surface area (Å²) in [6.07, 6.45) is 1.33. The molecule has 0 aliphatic rings. The minimum atomic E-state index is 0.308. The van der Waals surface area contributed by atoms with E-state index in [1.807, 2.05) is 13.8 Å². The zero-order chi connectivity index (χ0) is 7.98. The van der Waals surface area contributed by atoms with Gasteiger partial charge in [-0.3, -0.25) is 0 Å². The van der Waals surface area contributed by atoms with Crippen LogP contribution < -0.4 is 16.6 Å². The topological polar surface area (TPSA) is 62.4 Å². The number of thiocarbonyl (C=S) groups is 1. The number of nitrogens with zero attached hydrogens (tertiary/aromatic N) is 1. The first-order valence-electron chi connectivity index (χ1n) is 2.96. The van der Waals surface area contributed by atoms with Crippen LogP contribution in [0.15, 0.2) is 4.99 Å². The molecule has 0 unspecified atom stereocenters. The molecule has 0 fully saturated rings. The van der Waals surface area contributed by atoms with Crippen LogP contribution in [0.1, 0.15) is 13.8 Å². The lowest BCUT2D eigenvalue weighted by Gasteiger charge is -2.05. The Bertz CT molecular complexity index is 132. The van der Waals surface area contributed by atoms with E-state index in [2.05, 4.69) is 15.7 Å². The van der Waals surface area contributed by atoms with E-state index in [1.54, 1.807) is 0 Å². The fraction of sp³-hybridized carbons (Fsp3) is 0.600. The molecule has 0 saturated carbocycles. The maximum absolute atomic E-state index is 4.92. The fourth-order valence-corrected chi connectivity index (χ4v) is 0.669. The largest absolute Gasteiger partial charge is 0.359 e. The highest BCUT2D eigenvalue weighted by molar-refractivity contribution is 7.80. The summed E-state index contributed by atoms with van der Waals surface area (Å²) in [5, 5.41) is 3.35. The highest BCUT2D eigenvalue weighted by Crippen LogP contribution is 1.79. The molecule has 0 amide bonds. The number of hydrogen-bond donors (Lipinski definition) is 3. The number of nitrogens with one attached hydrogen (secondary N) is 2. The van der Waals surface area contributed by atoms with Crippen molar-refractivity contribution in [1.82, 2.24) is 10.7 Å². The van der Waals surface area contributed by atoms with E-state index in [0.29, 0.717) is 11.2 Å².